The minimum absolute atomic E-state index is 0.0150. The summed E-state index contributed by atoms with van der Waals surface area (Å²) in [6, 6.07) is 0. The standard InChI is InChI=1S/C17H27N5O2/c23-16(12-19-17(24)13-7-3-1-4-8-13)18-11-15-21-20-14-9-5-2-6-10-22(14)15/h13H,1-12H2,(H,18,23)(H,19,24). The molecule has 0 bridgehead atoms. The molecule has 1 saturated carbocycles. The van der Waals surface area contributed by atoms with Crippen LogP contribution in [0, 0.1) is 5.92 Å². The van der Waals surface area contributed by atoms with Gasteiger partial charge in [0.2, 0.25) is 11.8 Å². The summed E-state index contributed by atoms with van der Waals surface area (Å²) in [6.07, 6.45) is 9.78. The summed E-state index contributed by atoms with van der Waals surface area (Å²) >= 11 is 0. The number of carbonyl (C=O) groups excluding carboxylic acids is 2. The Hall–Kier alpha value is -1.92. The van der Waals surface area contributed by atoms with Gasteiger partial charge in [0.05, 0.1) is 13.1 Å². The van der Waals surface area contributed by atoms with Crippen LogP contribution in [-0.2, 0) is 29.1 Å². The molecule has 1 aromatic heterocycles. The molecule has 0 atom stereocenters. The molecule has 3 rings (SSSR count). The summed E-state index contributed by atoms with van der Waals surface area (Å²) < 4.78 is 2.12. The SMILES string of the molecule is O=C(CNC(=O)C1CCCCC1)NCc1nnc2n1CCCCC2. The van der Waals surface area contributed by atoms with Crippen molar-refractivity contribution in [3.05, 3.63) is 11.6 Å². The molecular weight excluding hydrogens is 306 g/mol. The number of nitrogens with zero attached hydrogens (tertiary/aromatic N) is 3. The molecular formula is C17H27N5O2. The maximum atomic E-state index is 12.0. The average Bonchev–Trinajstić information content (AvgIpc) is 2.85. The summed E-state index contributed by atoms with van der Waals surface area (Å²) in [5.74, 6) is 1.74. The lowest BCUT2D eigenvalue weighted by Gasteiger charge is -2.20. The van der Waals surface area contributed by atoms with E-state index in [4.69, 9.17) is 0 Å². The maximum absolute atomic E-state index is 12.0. The van der Waals surface area contributed by atoms with E-state index in [9.17, 15) is 9.59 Å². The summed E-state index contributed by atoms with van der Waals surface area (Å²) in [5, 5.41) is 14.0. The van der Waals surface area contributed by atoms with Gasteiger partial charge >= 0.3 is 0 Å². The fourth-order valence-electron chi connectivity index (χ4n) is 3.59. The van der Waals surface area contributed by atoms with E-state index in [1.807, 2.05) is 0 Å². The van der Waals surface area contributed by atoms with Crippen LogP contribution in [0.2, 0.25) is 0 Å². The highest BCUT2D eigenvalue weighted by molar-refractivity contribution is 5.85. The monoisotopic (exact) mass is 333 g/mol. The van der Waals surface area contributed by atoms with E-state index in [0.717, 1.165) is 63.1 Å². The number of hydrogen-bond donors (Lipinski definition) is 2. The fraction of sp³-hybridized carbons (Fsp3) is 0.765. The number of nitrogens with one attached hydrogen (secondary N) is 2. The second-order valence-corrected chi connectivity index (χ2v) is 6.82. The molecule has 132 valence electrons. The van der Waals surface area contributed by atoms with Gasteiger partial charge in [-0.25, -0.2) is 0 Å². The quantitative estimate of drug-likeness (QED) is 0.850. The third kappa shape index (κ3) is 4.33. The second kappa shape index (κ2) is 8.26. The summed E-state index contributed by atoms with van der Waals surface area (Å²) in [7, 11) is 0. The van der Waals surface area contributed by atoms with Crippen molar-refractivity contribution >= 4 is 11.8 Å². The molecule has 0 radical (unpaired) electrons. The Kier molecular flexibility index (Phi) is 5.82. The lowest BCUT2D eigenvalue weighted by Crippen LogP contribution is -2.40. The first kappa shape index (κ1) is 16.9. The zero-order valence-electron chi connectivity index (χ0n) is 14.2. The van der Waals surface area contributed by atoms with E-state index in [1.54, 1.807) is 0 Å². The summed E-state index contributed by atoms with van der Waals surface area (Å²) in [6.45, 7) is 1.33. The topological polar surface area (TPSA) is 88.9 Å². The van der Waals surface area contributed by atoms with Gasteiger partial charge in [-0.2, -0.15) is 0 Å². The number of fused-ring (bicyclic) bond motifs is 1. The second-order valence-electron chi connectivity index (χ2n) is 6.82. The fourth-order valence-corrected chi connectivity index (χ4v) is 3.59. The number of aryl methyl sites for hydroxylation is 1. The van der Waals surface area contributed by atoms with Gasteiger partial charge in [0.25, 0.3) is 0 Å². The van der Waals surface area contributed by atoms with E-state index in [2.05, 4.69) is 25.4 Å². The lowest BCUT2D eigenvalue weighted by molar-refractivity contribution is -0.129. The van der Waals surface area contributed by atoms with E-state index < -0.39 is 0 Å². The van der Waals surface area contributed by atoms with Crippen molar-refractivity contribution in [1.82, 2.24) is 25.4 Å². The Bertz CT molecular complexity index is 578. The van der Waals surface area contributed by atoms with Gasteiger partial charge in [-0.1, -0.05) is 25.7 Å². The Labute approximate surface area is 142 Å². The van der Waals surface area contributed by atoms with E-state index in [-0.39, 0.29) is 24.3 Å². The molecule has 0 saturated heterocycles. The molecule has 1 aromatic rings. The highest BCUT2D eigenvalue weighted by atomic mass is 16.2. The lowest BCUT2D eigenvalue weighted by atomic mass is 9.89. The zero-order chi connectivity index (χ0) is 16.8. The van der Waals surface area contributed by atoms with Crippen LogP contribution in [0.4, 0.5) is 0 Å². The van der Waals surface area contributed by atoms with Crippen LogP contribution in [0.15, 0.2) is 0 Å². The molecule has 0 unspecified atom stereocenters. The van der Waals surface area contributed by atoms with E-state index in [0.29, 0.717) is 6.54 Å². The third-order valence-corrected chi connectivity index (χ3v) is 5.03. The van der Waals surface area contributed by atoms with Crippen molar-refractivity contribution in [2.24, 2.45) is 5.92 Å². The Morgan fingerprint density at radius 1 is 1.00 bits per heavy atom. The van der Waals surface area contributed by atoms with Crippen LogP contribution in [0.5, 0.6) is 0 Å². The molecule has 1 fully saturated rings. The molecule has 0 aromatic carbocycles. The van der Waals surface area contributed by atoms with E-state index in [1.165, 1.54) is 12.8 Å². The predicted octanol–water partition coefficient (Wildman–Crippen LogP) is 1.32. The Morgan fingerprint density at radius 2 is 1.79 bits per heavy atom. The van der Waals surface area contributed by atoms with Crippen molar-refractivity contribution in [3.63, 3.8) is 0 Å². The number of hydrogen-bond acceptors (Lipinski definition) is 4. The Morgan fingerprint density at radius 3 is 2.62 bits per heavy atom. The molecule has 24 heavy (non-hydrogen) atoms. The molecule has 2 amide bonds. The first-order valence-electron chi connectivity index (χ1n) is 9.19. The van der Waals surface area contributed by atoms with Gasteiger partial charge in [0.1, 0.15) is 5.82 Å². The third-order valence-electron chi connectivity index (χ3n) is 5.03. The number of rotatable bonds is 5. The molecule has 2 aliphatic rings. The average molecular weight is 333 g/mol. The maximum Gasteiger partial charge on any atom is 0.239 e. The molecule has 2 heterocycles. The minimum atomic E-state index is -0.176. The van der Waals surface area contributed by atoms with Crippen molar-refractivity contribution in [1.29, 1.82) is 0 Å². The highest BCUT2D eigenvalue weighted by Gasteiger charge is 2.21. The van der Waals surface area contributed by atoms with Crippen molar-refractivity contribution in [2.75, 3.05) is 6.54 Å². The predicted molar refractivity (Wildman–Crippen MR) is 89.0 cm³/mol. The van der Waals surface area contributed by atoms with Gasteiger partial charge < -0.3 is 15.2 Å². The van der Waals surface area contributed by atoms with Crippen LogP contribution in [0.3, 0.4) is 0 Å². The number of amides is 2. The molecule has 7 heteroatoms. The molecule has 1 aliphatic heterocycles. The van der Waals surface area contributed by atoms with Crippen LogP contribution < -0.4 is 10.6 Å². The smallest absolute Gasteiger partial charge is 0.239 e. The van der Waals surface area contributed by atoms with Crippen molar-refractivity contribution in [3.8, 4) is 0 Å². The summed E-state index contributed by atoms with van der Waals surface area (Å²) in [5.41, 5.74) is 0. The van der Waals surface area contributed by atoms with Crippen LogP contribution >= 0.6 is 0 Å². The molecule has 1 aliphatic carbocycles. The minimum Gasteiger partial charge on any atom is -0.347 e. The first-order chi connectivity index (χ1) is 11.7. The summed E-state index contributed by atoms with van der Waals surface area (Å²) in [4.78, 5) is 24.0. The molecule has 7 nitrogen and oxygen atoms in total. The number of aromatic nitrogens is 3. The number of carbonyl (C=O) groups is 2. The molecule has 2 N–H and O–H groups in total. The molecule has 0 spiro atoms. The van der Waals surface area contributed by atoms with Crippen molar-refractivity contribution in [2.45, 2.75) is 70.9 Å². The van der Waals surface area contributed by atoms with Crippen molar-refractivity contribution < 1.29 is 9.59 Å². The largest absolute Gasteiger partial charge is 0.347 e. The van der Waals surface area contributed by atoms with Gasteiger partial charge in [0, 0.05) is 18.9 Å². The van der Waals surface area contributed by atoms with Gasteiger partial charge in [-0.05, 0) is 25.7 Å². The first-order valence-corrected chi connectivity index (χ1v) is 9.19. The van der Waals surface area contributed by atoms with Gasteiger partial charge in [-0.3, -0.25) is 9.59 Å². The Balaban J connectivity index is 1.42. The van der Waals surface area contributed by atoms with Gasteiger partial charge in [0.15, 0.2) is 5.82 Å². The van der Waals surface area contributed by atoms with Crippen LogP contribution in [-0.4, -0.2) is 33.1 Å². The van der Waals surface area contributed by atoms with E-state index >= 15 is 0 Å². The van der Waals surface area contributed by atoms with Gasteiger partial charge in [-0.15, -0.1) is 10.2 Å². The van der Waals surface area contributed by atoms with Crippen LogP contribution in [0.1, 0.15) is 63.0 Å². The zero-order valence-corrected chi connectivity index (χ0v) is 14.2. The van der Waals surface area contributed by atoms with Crippen LogP contribution in [0.25, 0.3) is 0 Å². The normalized spacial score (nSPS) is 18.5. The highest BCUT2D eigenvalue weighted by Crippen LogP contribution is 2.23.